The Morgan fingerprint density at radius 1 is 1.00 bits per heavy atom. The van der Waals surface area contributed by atoms with E-state index in [1.165, 1.54) is 12.8 Å². The summed E-state index contributed by atoms with van der Waals surface area (Å²) in [5, 5.41) is 3.38. The molecule has 1 aromatic carbocycles. The highest BCUT2D eigenvalue weighted by atomic mass is 16.5. The van der Waals surface area contributed by atoms with Crippen LogP contribution < -0.4 is 10.1 Å². The van der Waals surface area contributed by atoms with Crippen LogP contribution in [0, 0.1) is 11.8 Å². The maximum atomic E-state index is 5.57. The molecule has 2 nitrogen and oxygen atoms in total. The minimum atomic E-state index is 0.781. The van der Waals surface area contributed by atoms with Gasteiger partial charge >= 0.3 is 0 Å². The normalized spacial score (nSPS) is 10.4. The number of hydrogen-bond donors (Lipinski definition) is 1. The minimum Gasteiger partial charge on any atom is -0.494 e. The smallest absolute Gasteiger partial charge is 0.119 e. The topological polar surface area (TPSA) is 21.3 Å². The van der Waals surface area contributed by atoms with Crippen molar-refractivity contribution >= 4 is 6.08 Å². The molecule has 0 bridgehead atoms. The van der Waals surface area contributed by atoms with Crippen molar-refractivity contribution in [3.8, 4) is 5.75 Å². The zero-order valence-corrected chi connectivity index (χ0v) is 15.9. The number of benzene rings is 1. The van der Waals surface area contributed by atoms with E-state index in [1.54, 1.807) is 0 Å². The van der Waals surface area contributed by atoms with Gasteiger partial charge in [0.15, 0.2) is 0 Å². The van der Waals surface area contributed by atoms with Crippen molar-refractivity contribution in [1.82, 2.24) is 5.32 Å². The highest BCUT2D eigenvalue weighted by Crippen LogP contribution is 2.13. The molecule has 2 heteroatoms. The van der Waals surface area contributed by atoms with Gasteiger partial charge < -0.3 is 10.1 Å². The molecule has 0 amide bonds. The lowest BCUT2D eigenvalue weighted by Crippen LogP contribution is -2.23. The third-order valence-corrected chi connectivity index (χ3v) is 3.24. The quantitative estimate of drug-likeness (QED) is 0.551. The van der Waals surface area contributed by atoms with E-state index in [-0.39, 0.29) is 0 Å². The van der Waals surface area contributed by atoms with Crippen LogP contribution in [0.1, 0.15) is 59.4 Å². The second-order valence-corrected chi connectivity index (χ2v) is 6.77. The lowest BCUT2D eigenvalue weighted by Gasteiger charge is -2.08. The first-order valence-electron chi connectivity index (χ1n) is 9.05. The van der Waals surface area contributed by atoms with Crippen LogP contribution in [0.5, 0.6) is 5.75 Å². The average molecular weight is 320 g/mol. The fraction of sp³-hybridized carbons (Fsp3) is 0.619. The molecule has 0 aromatic heterocycles. The van der Waals surface area contributed by atoms with Gasteiger partial charge in [0.2, 0.25) is 0 Å². The molecular formula is C21H37NO. The number of rotatable bonds is 10. The second-order valence-electron chi connectivity index (χ2n) is 6.77. The first-order valence-corrected chi connectivity index (χ1v) is 9.05. The molecular weight excluding hydrogens is 282 g/mol. The van der Waals surface area contributed by atoms with Crippen molar-refractivity contribution in [2.45, 2.75) is 53.9 Å². The highest BCUT2D eigenvalue weighted by molar-refractivity contribution is 5.48. The molecule has 1 rings (SSSR count). The molecule has 0 aliphatic carbocycles. The van der Waals surface area contributed by atoms with Gasteiger partial charge in [0, 0.05) is 0 Å². The first-order chi connectivity index (χ1) is 11.0. The van der Waals surface area contributed by atoms with Gasteiger partial charge in [-0.3, -0.25) is 0 Å². The van der Waals surface area contributed by atoms with E-state index in [0.717, 1.165) is 49.3 Å². The Hall–Kier alpha value is -1.28. The van der Waals surface area contributed by atoms with Gasteiger partial charge in [-0.1, -0.05) is 72.2 Å². The van der Waals surface area contributed by atoms with Gasteiger partial charge in [-0.2, -0.15) is 0 Å². The highest BCUT2D eigenvalue weighted by Gasteiger charge is 1.94. The molecule has 0 atom stereocenters. The average Bonchev–Trinajstić information content (AvgIpc) is 2.52. The van der Waals surface area contributed by atoms with Gasteiger partial charge in [0.05, 0.1) is 6.61 Å². The molecule has 0 saturated heterocycles. The molecule has 0 heterocycles. The summed E-state index contributed by atoms with van der Waals surface area (Å²) in [7, 11) is 0. The summed E-state index contributed by atoms with van der Waals surface area (Å²) < 4.78 is 5.57. The molecule has 0 aliphatic heterocycles. The Kier molecular flexibility index (Phi) is 13.5. The van der Waals surface area contributed by atoms with Gasteiger partial charge in [-0.25, -0.2) is 0 Å². The van der Waals surface area contributed by atoms with E-state index in [9.17, 15) is 0 Å². The molecule has 0 unspecified atom stereocenters. The van der Waals surface area contributed by atoms with Crippen LogP contribution in [0.4, 0.5) is 0 Å². The van der Waals surface area contributed by atoms with E-state index in [1.807, 2.05) is 30.3 Å². The summed E-state index contributed by atoms with van der Waals surface area (Å²) >= 11 is 0. The van der Waals surface area contributed by atoms with Gasteiger partial charge in [0.25, 0.3) is 0 Å². The summed E-state index contributed by atoms with van der Waals surface area (Å²) in [6, 6.07) is 8.01. The Morgan fingerprint density at radius 3 is 2.00 bits per heavy atom. The fourth-order valence-corrected chi connectivity index (χ4v) is 1.90. The first kappa shape index (κ1) is 21.7. The van der Waals surface area contributed by atoms with Crippen LogP contribution in [0.3, 0.4) is 0 Å². The van der Waals surface area contributed by atoms with Crippen LogP contribution in [0.2, 0.25) is 0 Å². The summed E-state index contributed by atoms with van der Waals surface area (Å²) in [6.45, 7) is 17.9. The molecule has 0 aliphatic rings. The van der Waals surface area contributed by atoms with Crippen molar-refractivity contribution in [2.24, 2.45) is 11.8 Å². The van der Waals surface area contributed by atoms with E-state index >= 15 is 0 Å². The fourth-order valence-electron chi connectivity index (χ4n) is 1.90. The Bertz CT molecular complexity index is 373. The van der Waals surface area contributed by atoms with Crippen molar-refractivity contribution < 1.29 is 4.74 Å². The lowest BCUT2D eigenvalue weighted by atomic mass is 10.2. The molecule has 1 aromatic rings. The number of unbranched alkanes of at least 4 members (excludes halogenated alkanes) is 2. The molecule has 0 radical (unpaired) electrons. The molecule has 1 N–H and O–H groups in total. The van der Waals surface area contributed by atoms with Crippen LogP contribution in [-0.2, 0) is 0 Å². The second kappa shape index (κ2) is 14.3. The maximum absolute atomic E-state index is 5.57. The van der Waals surface area contributed by atoms with Gasteiger partial charge in [-0.15, -0.1) is 0 Å². The van der Waals surface area contributed by atoms with Crippen LogP contribution in [-0.4, -0.2) is 19.7 Å². The standard InChI is InChI=1S/C13H18O.C8H19N/c1-3-5-6-11-14-13-9-7-12(4-2)8-10-13;1-7(2)5-9-6-8(3)4/h4,7-10H,2-3,5-6,11H2,1H3;7-9H,5-6H2,1-4H3. The number of ether oxygens (including phenoxy) is 1. The van der Waals surface area contributed by atoms with E-state index in [4.69, 9.17) is 4.74 Å². The Morgan fingerprint density at radius 2 is 1.57 bits per heavy atom. The summed E-state index contributed by atoms with van der Waals surface area (Å²) in [5.41, 5.74) is 1.13. The lowest BCUT2D eigenvalue weighted by molar-refractivity contribution is 0.306. The zero-order valence-electron chi connectivity index (χ0n) is 15.9. The third kappa shape index (κ3) is 14.1. The van der Waals surface area contributed by atoms with Crippen molar-refractivity contribution in [3.63, 3.8) is 0 Å². The van der Waals surface area contributed by atoms with Crippen LogP contribution in [0.25, 0.3) is 6.08 Å². The zero-order chi connectivity index (χ0) is 17.5. The number of nitrogens with one attached hydrogen (secondary N) is 1. The van der Waals surface area contributed by atoms with E-state index < -0.39 is 0 Å². The number of hydrogen-bond acceptors (Lipinski definition) is 2. The van der Waals surface area contributed by atoms with E-state index in [0.29, 0.717) is 0 Å². The maximum Gasteiger partial charge on any atom is 0.119 e. The van der Waals surface area contributed by atoms with Crippen molar-refractivity contribution in [3.05, 3.63) is 36.4 Å². The van der Waals surface area contributed by atoms with E-state index in [2.05, 4.69) is 46.5 Å². The summed E-state index contributed by atoms with van der Waals surface area (Å²) in [5.74, 6) is 2.51. The Labute approximate surface area is 144 Å². The Balaban J connectivity index is 0.000000468. The van der Waals surface area contributed by atoms with Gasteiger partial charge in [-0.05, 0) is 49.0 Å². The van der Waals surface area contributed by atoms with Crippen LogP contribution >= 0.6 is 0 Å². The van der Waals surface area contributed by atoms with Crippen molar-refractivity contribution in [2.75, 3.05) is 19.7 Å². The summed E-state index contributed by atoms with van der Waals surface area (Å²) in [4.78, 5) is 0. The molecule has 0 fully saturated rings. The SMILES string of the molecule is C=Cc1ccc(OCCCCC)cc1.CC(C)CNCC(C)C. The molecule has 0 spiro atoms. The predicted octanol–water partition coefficient (Wildman–Crippen LogP) is 5.79. The molecule has 132 valence electrons. The third-order valence-electron chi connectivity index (χ3n) is 3.24. The minimum absolute atomic E-state index is 0.781. The molecule has 0 saturated carbocycles. The predicted molar refractivity (Wildman–Crippen MR) is 104 cm³/mol. The summed E-state index contributed by atoms with van der Waals surface area (Å²) in [6.07, 6.45) is 5.45. The van der Waals surface area contributed by atoms with Crippen molar-refractivity contribution in [1.29, 1.82) is 0 Å². The molecule has 23 heavy (non-hydrogen) atoms. The van der Waals surface area contributed by atoms with Gasteiger partial charge in [0.1, 0.15) is 5.75 Å². The van der Waals surface area contributed by atoms with Crippen LogP contribution in [0.15, 0.2) is 30.8 Å². The monoisotopic (exact) mass is 319 g/mol. The largest absolute Gasteiger partial charge is 0.494 e.